The summed E-state index contributed by atoms with van der Waals surface area (Å²) in [7, 11) is 0. The number of fused-ring (bicyclic) bond motifs is 1. The van der Waals surface area contributed by atoms with Gasteiger partial charge in [-0.05, 0) is 39.0 Å². The predicted octanol–water partition coefficient (Wildman–Crippen LogP) is 3.64. The van der Waals surface area contributed by atoms with Crippen molar-refractivity contribution in [3.05, 3.63) is 47.8 Å². The second kappa shape index (κ2) is 5.04. The zero-order valence-electron chi connectivity index (χ0n) is 12.5. The van der Waals surface area contributed by atoms with Crippen molar-refractivity contribution >= 4 is 0 Å². The summed E-state index contributed by atoms with van der Waals surface area (Å²) in [6.07, 6.45) is 1.91. The maximum atomic E-state index is 9.47. The maximum Gasteiger partial charge on any atom is 0.169 e. The van der Waals surface area contributed by atoms with Crippen LogP contribution in [-0.2, 0) is 6.42 Å². The van der Waals surface area contributed by atoms with Crippen LogP contribution in [0.2, 0.25) is 0 Å². The number of hydrogen-bond donors (Lipinski definition) is 1. The average Bonchev–Trinajstić information content (AvgIpc) is 2.74. The topological polar surface area (TPSA) is 51.6 Å². The van der Waals surface area contributed by atoms with Gasteiger partial charge in [0.25, 0.3) is 0 Å². The van der Waals surface area contributed by atoms with E-state index in [1.54, 1.807) is 25.3 Å². The molecule has 1 aliphatic rings. The first-order chi connectivity index (χ1) is 9.94. The van der Waals surface area contributed by atoms with Crippen molar-refractivity contribution in [2.75, 3.05) is 0 Å². The van der Waals surface area contributed by atoms with Crippen molar-refractivity contribution < 1.29 is 14.6 Å². The van der Waals surface area contributed by atoms with Crippen LogP contribution in [0.5, 0.6) is 17.2 Å². The normalized spacial score (nSPS) is 17.0. The van der Waals surface area contributed by atoms with Crippen LogP contribution >= 0.6 is 0 Å². The monoisotopic (exact) mass is 285 g/mol. The second-order valence-corrected chi connectivity index (χ2v) is 5.98. The van der Waals surface area contributed by atoms with Gasteiger partial charge in [0.05, 0.1) is 18.0 Å². The summed E-state index contributed by atoms with van der Waals surface area (Å²) in [5.74, 6) is 2.13. The summed E-state index contributed by atoms with van der Waals surface area (Å²) in [6.45, 7) is 5.81. The van der Waals surface area contributed by atoms with Crippen LogP contribution in [0.25, 0.3) is 0 Å². The Hall–Kier alpha value is -2.07. The lowest BCUT2D eigenvalue weighted by molar-refractivity contribution is 0.135. The van der Waals surface area contributed by atoms with E-state index in [2.05, 4.69) is 24.9 Å². The predicted molar refractivity (Wildman–Crippen MR) is 79.8 cm³/mol. The molecule has 4 heteroatoms. The largest absolute Gasteiger partial charge is 0.483 e. The van der Waals surface area contributed by atoms with Gasteiger partial charge in [0.1, 0.15) is 11.4 Å². The first kappa shape index (κ1) is 13.9. The van der Waals surface area contributed by atoms with Crippen LogP contribution in [0, 0.1) is 0 Å². The summed E-state index contributed by atoms with van der Waals surface area (Å²) in [4.78, 5) is 4.18. The Morgan fingerprint density at radius 3 is 2.76 bits per heavy atom. The van der Waals surface area contributed by atoms with E-state index in [0.29, 0.717) is 17.2 Å². The molecule has 2 aromatic rings. The molecular formula is C17H19NO3. The molecule has 0 radical (unpaired) electrons. The van der Waals surface area contributed by atoms with E-state index in [4.69, 9.17) is 9.47 Å². The molecule has 0 saturated heterocycles. The highest BCUT2D eigenvalue weighted by molar-refractivity contribution is 5.51. The SMILES string of the molecule is C[C@@H](O)c1ccc(Oc2cccc3c2OC(C)(C)C3)cn1. The molecule has 0 saturated carbocycles. The molecule has 1 atom stereocenters. The number of nitrogens with zero attached hydrogens (tertiary/aromatic N) is 1. The summed E-state index contributed by atoms with van der Waals surface area (Å²) in [5.41, 5.74) is 1.58. The van der Waals surface area contributed by atoms with Crippen LogP contribution in [-0.4, -0.2) is 15.7 Å². The van der Waals surface area contributed by atoms with Gasteiger partial charge < -0.3 is 14.6 Å². The first-order valence-electron chi connectivity index (χ1n) is 7.07. The summed E-state index contributed by atoms with van der Waals surface area (Å²) >= 11 is 0. The van der Waals surface area contributed by atoms with Gasteiger partial charge in [0.2, 0.25) is 0 Å². The Balaban J connectivity index is 1.85. The van der Waals surface area contributed by atoms with E-state index in [9.17, 15) is 5.11 Å². The smallest absolute Gasteiger partial charge is 0.169 e. The van der Waals surface area contributed by atoms with E-state index in [0.717, 1.165) is 17.7 Å². The third kappa shape index (κ3) is 2.85. The minimum atomic E-state index is -0.579. The Morgan fingerprint density at radius 1 is 1.29 bits per heavy atom. The van der Waals surface area contributed by atoms with Gasteiger partial charge >= 0.3 is 0 Å². The standard InChI is InChI=1S/C17H19NO3/c1-11(19)14-8-7-13(10-18-14)20-15-6-4-5-12-9-17(2,3)21-16(12)15/h4-8,10-11,19H,9H2,1-3H3/t11-/m1/s1. The molecule has 0 unspecified atom stereocenters. The zero-order chi connectivity index (χ0) is 15.0. The molecule has 0 spiro atoms. The lowest BCUT2D eigenvalue weighted by Gasteiger charge is -2.18. The molecule has 0 aliphatic carbocycles. The molecule has 110 valence electrons. The van der Waals surface area contributed by atoms with Gasteiger partial charge in [-0.15, -0.1) is 0 Å². The van der Waals surface area contributed by atoms with Crippen molar-refractivity contribution in [3.63, 3.8) is 0 Å². The van der Waals surface area contributed by atoms with E-state index in [1.807, 2.05) is 12.1 Å². The molecule has 0 amide bonds. The van der Waals surface area contributed by atoms with Gasteiger partial charge in [-0.25, -0.2) is 0 Å². The zero-order valence-corrected chi connectivity index (χ0v) is 12.5. The Morgan fingerprint density at radius 2 is 2.10 bits per heavy atom. The molecule has 4 nitrogen and oxygen atoms in total. The van der Waals surface area contributed by atoms with E-state index >= 15 is 0 Å². The molecule has 0 bridgehead atoms. The number of aromatic nitrogens is 1. The number of rotatable bonds is 3. The van der Waals surface area contributed by atoms with Gasteiger partial charge in [-0.3, -0.25) is 4.98 Å². The minimum Gasteiger partial charge on any atom is -0.483 e. The maximum absolute atomic E-state index is 9.47. The average molecular weight is 285 g/mol. The van der Waals surface area contributed by atoms with Crippen molar-refractivity contribution in [2.45, 2.75) is 38.9 Å². The number of hydrogen-bond acceptors (Lipinski definition) is 4. The molecule has 2 heterocycles. The van der Waals surface area contributed by atoms with Gasteiger partial charge in [0.15, 0.2) is 11.5 Å². The van der Waals surface area contributed by atoms with Crippen molar-refractivity contribution in [3.8, 4) is 17.2 Å². The van der Waals surface area contributed by atoms with Crippen LogP contribution in [0.1, 0.15) is 38.1 Å². The second-order valence-electron chi connectivity index (χ2n) is 5.98. The molecule has 21 heavy (non-hydrogen) atoms. The fraction of sp³-hybridized carbons (Fsp3) is 0.353. The first-order valence-corrected chi connectivity index (χ1v) is 7.07. The van der Waals surface area contributed by atoms with Crippen LogP contribution in [0.3, 0.4) is 0 Å². The third-order valence-electron chi connectivity index (χ3n) is 3.47. The summed E-state index contributed by atoms with van der Waals surface area (Å²) in [5, 5.41) is 9.47. The number of pyridine rings is 1. The Kier molecular flexibility index (Phi) is 3.33. The highest BCUT2D eigenvalue weighted by atomic mass is 16.5. The summed E-state index contributed by atoms with van der Waals surface area (Å²) < 4.78 is 11.9. The highest BCUT2D eigenvalue weighted by Crippen LogP contribution is 2.43. The van der Waals surface area contributed by atoms with Crippen LogP contribution in [0.15, 0.2) is 36.5 Å². The molecular weight excluding hydrogens is 266 g/mol. The molecule has 3 rings (SSSR count). The fourth-order valence-electron chi connectivity index (χ4n) is 2.49. The number of benzene rings is 1. The van der Waals surface area contributed by atoms with Crippen LogP contribution in [0.4, 0.5) is 0 Å². The van der Waals surface area contributed by atoms with Crippen LogP contribution < -0.4 is 9.47 Å². The summed E-state index contributed by atoms with van der Waals surface area (Å²) in [6, 6.07) is 9.48. The van der Waals surface area contributed by atoms with Gasteiger partial charge in [-0.2, -0.15) is 0 Å². The number of para-hydroxylation sites is 1. The number of ether oxygens (including phenoxy) is 2. The van der Waals surface area contributed by atoms with E-state index in [-0.39, 0.29) is 5.60 Å². The molecule has 0 fully saturated rings. The van der Waals surface area contributed by atoms with E-state index in [1.165, 1.54) is 0 Å². The third-order valence-corrected chi connectivity index (χ3v) is 3.47. The Labute approximate surface area is 124 Å². The quantitative estimate of drug-likeness (QED) is 0.935. The van der Waals surface area contributed by atoms with E-state index < -0.39 is 6.10 Å². The lowest BCUT2D eigenvalue weighted by atomic mass is 10.0. The van der Waals surface area contributed by atoms with Gasteiger partial charge in [0, 0.05) is 12.0 Å². The van der Waals surface area contributed by atoms with Crippen molar-refractivity contribution in [1.29, 1.82) is 0 Å². The van der Waals surface area contributed by atoms with Crippen molar-refractivity contribution in [2.24, 2.45) is 0 Å². The molecule has 1 aliphatic heterocycles. The molecule has 1 aromatic carbocycles. The Bertz CT molecular complexity index is 648. The lowest BCUT2D eigenvalue weighted by Crippen LogP contribution is -2.24. The minimum absolute atomic E-state index is 0.198. The number of aliphatic hydroxyl groups is 1. The fourth-order valence-corrected chi connectivity index (χ4v) is 2.49. The highest BCUT2D eigenvalue weighted by Gasteiger charge is 2.32. The molecule has 1 aromatic heterocycles. The van der Waals surface area contributed by atoms with Gasteiger partial charge in [-0.1, -0.05) is 12.1 Å². The molecule has 1 N–H and O–H groups in total. The van der Waals surface area contributed by atoms with Crippen molar-refractivity contribution in [1.82, 2.24) is 4.98 Å². The number of aliphatic hydroxyl groups excluding tert-OH is 1.